The van der Waals surface area contributed by atoms with Gasteiger partial charge in [0.1, 0.15) is 6.26 Å². The van der Waals surface area contributed by atoms with E-state index in [1.165, 1.54) is 17.5 Å². The molecule has 4 nitrogen and oxygen atoms in total. The molecule has 0 unspecified atom stereocenters. The molecule has 0 aliphatic carbocycles. The average molecular weight is 101 g/mol. The Balaban J connectivity index is 2.28. The molecule has 0 saturated heterocycles. The number of hydrogen-bond donors (Lipinski definition) is 1. The van der Waals surface area contributed by atoms with Crippen LogP contribution in [0.3, 0.4) is 0 Å². The number of nitrogens with one attached hydrogen (secondary N) is 1. The molecule has 1 N–H and O–H groups in total. The molecule has 0 aromatic carbocycles. The molecule has 0 aromatic heterocycles. The van der Waals surface area contributed by atoms with Crippen molar-refractivity contribution in [3.63, 3.8) is 0 Å². The smallest absolute Gasteiger partial charge is 0.170 e. The third-order valence-electron chi connectivity index (χ3n) is 0.618. The maximum absolute atomic E-state index is 9.86. The van der Waals surface area contributed by atoms with Gasteiger partial charge in [-0.25, -0.2) is 5.11 Å². The molecule has 1 aliphatic heterocycles. The summed E-state index contributed by atoms with van der Waals surface area (Å²) in [4.78, 5) is 4.44. The molecule has 0 bridgehead atoms. The molecule has 0 atom stereocenters. The highest BCUT2D eigenvalue weighted by atomic mass is 16.7. The second kappa shape index (κ2) is 1.81. The Morgan fingerprint density at radius 3 is 3.00 bits per heavy atom. The van der Waals surface area contributed by atoms with Gasteiger partial charge in [-0.3, -0.25) is 5.01 Å². The van der Waals surface area contributed by atoms with Crippen LogP contribution in [0.4, 0.5) is 0 Å². The predicted octanol–water partition coefficient (Wildman–Crippen LogP) is -0.403. The Morgan fingerprint density at radius 2 is 2.71 bits per heavy atom. The van der Waals surface area contributed by atoms with Crippen molar-refractivity contribution < 1.29 is 9.94 Å². The number of nitrogens with zero attached hydrogens (tertiary/aromatic N) is 1. The van der Waals surface area contributed by atoms with E-state index in [-0.39, 0.29) is 6.73 Å². The van der Waals surface area contributed by atoms with E-state index in [0.29, 0.717) is 0 Å². The van der Waals surface area contributed by atoms with E-state index >= 15 is 0 Å². The zero-order chi connectivity index (χ0) is 5.11. The summed E-state index contributed by atoms with van der Waals surface area (Å²) in [5, 5.41) is 11.1. The molecule has 0 amide bonds. The highest BCUT2D eigenvalue weighted by molar-refractivity contribution is 4.72. The Bertz CT molecular complexity index is 83.0. The van der Waals surface area contributed by atoms with E-state index in [0.717, 1.165) is 0 Å². The standard InChI is InChI=1S/C3H5N2O2/c6-3-5-1-2-7-4-5/h1-2,4H,3H2. The summed E-state index contributed by atoms with van der Waals surface area (Å²) in [5.74, 6) is 0. The third-order valence-corrected chi connectivity index (χ3v) is 0.618. The van der Waals surface area contributed by atoms with Crippen LogP contribution in [0, 0.1) is 0 Å². The molecular weight excluding hydrogens is 96.0 g/mol. The second-order valence-electron chi connectivity index (χ2n) is 1.09. The van der Waals surface area contributed by atoms with Gasteiger partial charge in [0.15, 0.2) is 6.73 Å². The molecule has 7 heavy (non-hydrogen) atoms. The van der Waals surface area contributed by atoms with Crippen molar-refractivity contribution in [1.82, 2.24) is 10.6 Å². The molecule has 0 aromatic rings. The van der Waals surface area contributed by atoms with Crippen molar-refractivity contribution in [3.8, 4) is 0 Å². The fraction of sp³-hybridized carbons (Fsp3) is 0.333. The summed E-state index contributed by atoms with van der Waals surface area (Å²) >= 11 is 0. The van der Waals surface area contributed by atoms with Gasteiger partial charge in [-0.15, -0.1) is 0 Å². The van der Waals surface area contributed by atoms with Crippen molar-refractivity contribution >= 4 is 0 Å². The quantitative estimate of drug-likeness (QED) is 0.488. The minimum atomic E-state index is -0.323. The summed E-state index contributed by atoms with van der Waals surface area (Å²) in [5.41, 5.74) is 2.32. The lowest BCUT2D eigenvalue weighted by Gasteiger charge is -2.05. The molecule has 1 rings (SSSR count). The van der Waals surface area contributed by atoms with E-state index in [2.05, 4.69) is 10.4 Å². The van der Waals surface area contributed by atoms with Crippen LogP contribution in [0.15, 0.2) is 12.5 Å². The molecule has 0 saturated carbocycles. The largest absolute Gasteiger partial charge is 0.395 e. The van der Waals surface area contributed by atoms with Gasteiger partial charge in [0.05, 0.1) is 6.20 Å². The first-order chi connectivity index (χ1) is 3.43. The molecule has 1 aliphatic rings. The first-order valence-electron chi connectivity index (χ1n) is 1.86. The Morgan fingerprint density at radius 1 is 1.86 bits per heavy atom. The topological polar surface area (TPSA) is 44.4 Å². The highest BCUT2D eigenvalue weighted by Gasteiger charge is 1.99. The minimum Gasteiger partial charge on any atom is -0.395 e. The van der Waals surface area contributed by atoms with Gasteiger partial charge in [-0.1, -0.05) is 5.59 Å². The lowest BCUT2D eigenvalue weighted by molar-refractivity contribution is -0.0346. The van der Waals surface area contributed by atoms with E-state index < -0.39 is 0 Å². The zero-order valence-electron chi connectivity index (χ0n) is 3.63. The van der Waals surface area contributed by atoms with Crippen LogP contribution in [0.1, 0.15) is 0 Å². The molecule has 1 radical (unpaired) electrons. The fourth-order valence-electron chi connectivity index (χ4n) is 0.302. The van der Waals surface area contributed by atoms with Gasteiger partial charge in [-0.2, -0.15) is 0 Å². The molecular formula is C3H5N2O2. The molecule has 0 fully saturated rings. The first-order valence-corrected chi connectivity index (χ1v) is 1.86. The number of hydrogen-bond acceptors (Lipinski definition) is 3. The summed E-state index contributed by atoms with van der Waals surface area (Å²) in [6, 6.07) is 0. The van der Waals surface area contributed by atoms with E-state index in [4.69, 9.17) is 0 Å². The Kier molecular flexibility index (Phi) is 1.14. The van der Waals surface area contributed by atoms with Gasteiger partial charge in [0.25, 0.3) is 0 Å². The number of hydrazine groups is 1. The van der Waals surface area contributed by atoms with Crippen molar-refractivity contribution in [2.45, 2.75) is 0 Å². The Hall–Kier alpha value is -0.740. The highest BCUT2D eigenvalue weighted by Crippen LogP contribution is 1.89. The van der Waals surface area contributed by atoms with Crippen LogP contribution in [0.25, 0.3) is 0 Å². The predicted molar refractivity (Wildman–Crippen MR) is 20.8 cm³/mol. The number of rotatable bonds is 1. The Labute approximate surface area is 40.9 Å². The van der Waals surface area contributed by atoms with E-state index in [1.54, 1.807) is 0 Å². The fourth-order valence-corrected chi connectivity index (χ4v) is 0.302. The third kappa shape index (κ3) is 0.819. The summed E-state index contributed by atoms with van der Waals surface area (Å²) in [6.45, 7) is -0.323. The van der Waals surface area contributed by atoms with Gasteiger partial charge >= 0.3 is 0 Å². The van der Waals surface area contributed by atoms with Crippen molar-refractivity contribution in [1.29, 1.82) is 0 Å². The van der Waals surface area contributed by atoms with Gasteiger partial charge in [0, 0.05) is 0 Å². The van der Waals surface area contributed by atoms with Crippen LogP contribution in [-0.4, -0.2) is 11.7 Å². The second-order valence-corrected chi connectivity index (χ2v) is 1.09. The first kappa shape index (κ1) is 4.42. The average Bonchev–Trinajstić information content (AvgIpc) is 2.14. The minimum absolute atomic E-state index is 0.323. The van der Waals surface area contributed by atoms with Crippen LogP contribution in [-0.2, 0) is 9.94 Å². The normalized spacial score (nSPS) is 17.6. The summed E-state index contributed by atoms with van der Waals surface area (Å²) in [6.07, 6.45) is 2.92. The van der Waals surface area contributed by atoms with Crippen molar-refractivity contribution in [3.05, 3.63) is 12.5 Å². The van der Waals surface area contributed by atoms with Crippen molar-refractivity contribution in [2.24, 2.45) is 0 Å². The monoisotopic (exact) mass is 101 g/mol. The maximum Gasteiger partial charge on any atom is 0.170 e. The molecule has 0 spiro atoms. The molecule has 39 valence electrons. The van der Waals surface area contributed by atoms with Crippen LogP contribution in [0.5, 0.6) is 0 Å². The van der Waals surface area contributed by atoms with Gasteiger partial charge in [-0.05, 0) is 0 Å². The van der Waals surface area contributed by atoms with E-state index in [9.17, 15) is 5.11 Å². The van der Waals surface area contributed by atoms with Crippen LogP contribution < -0.4 is 5.59 Å². The van der Waals surface area contributed by atoms with E-state index in [1.807, 2.05) is 0 Å². The van der Waals surface area contributed by atoms with Gasteiger partial charge < -0.3 is 4.84 Å². The zero-order valence-corrected chi connectivity index (χ0v) is 3.63. The summed E-state index contributed by atoms with van der Waals surface area (Å²) in [7, 11) is 0. The summed E-state index contributed by atoms with van der Waals surface area (Å²) < 4.78 is 0. The van der Waals surface area contributed by atoms with Crippen molar-refractivity contribution in [2.75, 3.05) is 6.73 Å². The lowest BCUT2D eigenvalue weighted by Crippen LogP contribution is -2.27. The van der Waals surface area contributed by atoms with Crippen LogP contribution in [0.2, 0.25) is 0 Å². The molecule has 1 heterocycles. The maximum atomic E-state index is 9.86. The lowest BCUT2D eigenvalue weighted by atomic mass is 10.9. The van der Waals surface area contributed by atoms with Crippen LogP contribution >= 0.6 is 0 Å². The van der Waals surface area contributed by atoms with Gasteiger partial charge in [0.2, 0.25) is 0 Å². The SMILES string of the molecule is [O]CN1C=CON1. The molecule has 4 heteroatoms.